The molecule has 2 rings (SSSR count). The lowest BCUT2D eigenvalue weighted by Gasteiger charge is -2.42. The topological polar surface area (TPSA) is 37.3 Å². The average molecular weight is 222 g/mol. The molecule has 0 radical (unpaired) electrons. The molecule has 1 N–H and O–H groups in total. The highest BCUT2D eigenvalue weighted by atomic mass is 16.2. The second-order valence-corrected chi connectivity index (χ2v) is 5.76. The number of aliphatic hydroxyl groups is 1. The summed E-state index contributed by atoms with van der Waals surface area (Å²) in [4.78, 5) is 12.2. The summed E-state index contributed by atoms with van der Waals surface area (Å²) >= 11 is 0. The van der Waals surface area contributed by atoms with E-state index in [-0.39, 0.29) is 17.4 Å². The van der Waals surface area contributed by atoms with Crippen LogP contribution < -0.4 is 0 Å². The van der Waals surface area contributed by atoms with Crippen LogP contribution in [0.5, 0.6) is 0 Å². The van der Waals surface area contributed by atoms with E-state index in [1.54, 1.807) is 0 Å². The maximum absolute atomic E-state index is 12.2. The Morgan fingerprint density at radius 2 is 2.25 bits per heavy atom. The molecule has 3 atom stereocenters. The molecule has 0 bridgehead atoms. The number of carbonyl (C=O) groups is 1. The van der Waals surface area contributed by atoms with Crippen LogP contribution in [0.15, 0.2) is 11.6 Å². The molecule has 2 heteroatoms. The molecule has 0 aromatic carbocycles. The zero-order valence-corrected chi connectivity index (χ0v) is 10.5. The first-order valence-electron chi connectivity index (χ1n) is 6.33. The third kappa shape index (κ3) is 1.20. The highest BCUT2D eigenvalue weighted by Crippen LogP contribution is 2.65. The summed E-state index contributed by atoms with van der Waals surface area (Å²) in [7, 11) is 0. The summed E-state index contributed by atoms with van der Waals surface area (Å²) in [5, 5.41) is 9.06. The summed E-state index contributed by atoms with van der Waals surface area (Å²) in [5.74, 6) is 0.874. The van der Waals surface area contributed by atoms with Crippen molar-refractivity contribution < 1.29 is 9.90 Å². The molecule has 2 nitrogen and oxygen atoms in total. The quantitative estimate of drug-likeness (QED) is 0.797. The van der Waals surface area contributed by atoms with Crippen molar-refractivity contribution in [1.82, 2.24) is 0 Å². The number of hydrogen-bond donors (Lipinski definition) is 1. The molecule has 0 spiro atoms. The largest absolute Gasteiger partial charge is 0.396 e. The van der Waals surface area contributed by atoms with Crippen molar-refractivity contribution in [2.75, 3.05) is 6.61 Å². The number of rotatable bonds is 3. The molecule has 90 valence electrons. The second kappa shape index (κ2) is 3.69. The first-order chi connectivity index (χ1) is 7.49. The summed E-state index contributed by atoms with van der Waals surface area (Å²) in [6.45, 7) is 6.72. The Labute approximate surface area is 97.7 Å². The molecule has 0 unspecified atom stereocenters. The molecule has 2 aliphatic carbocycles. The van der Waals surface area contributed by atoms with Gasteiger partial charge in [-0.3, -0.25) is 4.79 Å². The van der Waals surface area contributed by atoms with Gasteiger partial charge in [0.2, 0.25) is 0 Å². The van der Waals surface area contributed by atoms with E-state index in [4.69, 9.17) is 5.11 Å². The first kappa shape index (κ1) is 11.8. The average Bonchev–Trinajstić information content (AvgIpc) is 2.60. The fourth-order valence-electron chi connectivity index (χ4n) is 4.25. The van der Waals surface area contributed by atoms with E-state index in [9.17, 15) is 4.79 Å². The van der Waals surface area contributed by atoms with Gasteiger partial charge in [0.1, 0.15) is 0 Å². The molecule has 0 aromatic rings. The Morgan fingerprint density at radius 1 is 1.56 bits per heavy atom. The van der Waals surface area contributed by atoms with Gasteiger partial charge >= 0.3 is 0 Å². The van der Waals surface area contributed by atoms with E-state index in [0.29, 0.717) is 11.7 Å². The van der Waals surface area contributed by atoms with E-state index >= 15 is 0 Å². The normalized spacial score (nSPS) is 42.4. The number of fused-ring (bicyclic) bond motifs is 1. The lowest BCUT2D eigenvalue weighted by molar-refractivity contribution is -0.126. The van der Waals surface area contributed by atoms with Gasteiger partial charge in [-0.25, -0.2) is 0 Å². The Balaban J connectivity index is 2.42. The Bertz CT molecular complexity index is 345. The molecule has 1 fully saturated rings. The summed E-state index contributed by atoms with van der Waals surface area (Å²) in [6, 6.07) is 0. The third-order valence-electron chi connectivity index (χ3n) is 5.23. The van der Waals surface area contributed by atoms with Crippen LogP contribution in [0.4, 0.5) is 0 Å². The van der Waals surface area contributed by atoms with Gasteiger partial charge in [0.15, 0.2) is 5.78 Å². The summed E-state index contributed by atoms with van der Waals surface area (Å²) in [5.41, 5.74) is 1.09. The van der Waals surface area contributed by atoms with E-state index in [2.05, 4.69) is 20.8 Å². The van der Waals surface area contributed by atoms with Crippen molar-refractivity contribution >= 4 is 5.78 Å². The number of aliphatic hydroxyl groups excluding tert-OH is 1. The molecule has 0 heterocycles. The van der Waals surface area contributed by atoms with Crippen molar-refractivity contribution in [2.24, 2.45) is 16.7 Å². The molecule has 0 aromatic heterocycles. The van der Waals surface area contributed by atoms with Crippen molar-refractivity contribution in [3.8, 4) is 0 Å². The lowest BCUT2D eigenvalue weighted by atomic mass is 9.60. The monoisotopic (exact) mass is 222 g/mol. The first-order valence-corrected chi connectivity index (χ1v) is 6.33. The standard InChI is InChI=1S/C14H22O2/c1-10-5-7-13(3)12(16)9-11(2)14(10,13)6-4-8-15/h9-10,15H,4-8H2,1-3H3/t10-,13+,14-/m1/s1. The van der Waals surface area contributed by atoms with Gasteiger partial charge in [-0.05, 0) is 44.6 Å². The van der Waals surface area contributed by atoms with Crippen LogP contribution in [0.3, 0.4) is 0 Å². The van der Waals surface area contributed by atoms with Gasteiger partial charge in [-0.15, -0.1) is 0 Å². The number of allylic oxidation sites excluding steroid dienone is 2. The molecule has 2 aliphatic rings. The Kier molecular flexibility index (Phi) is 2.73. The van der Waals surface area contributed by atoms with Crippen molar-refractivity contribution in [3.05, 3.63) is 11.6 Å². The smallest absolute Gasteiger partial charge is 0.162 e. The van der Waals surface area contributed by atoms with Crippen LogP contribution in [0.2, 0.25) is 0 Å². The van der Waals surface area contributed by atoms with Crippen LogP contribution in [-0.2, 0) is 4.79 Å². The van der Waals surface area contributed by atoms with Gasteiger partial charge in [0, 0.05) is 17.4 Å². The predicted octanol–water partition coefficient (Wildman–Crippen LogP) is 2.71. The second-order valence-electron chi connectivity index (χ2n) is 5.76. The Hall–Kier alpha value is -0.630. The Morgan fingerprint density at radius 3 is 2.88 bits per heavy atom. The van der Waals surface area contributed by atoms with E-state index in [1.165, 1.54) is 5.57 Å². The number of hydrogen-bond acceptors (Lipinski definition) is 2. The van der Waals surface area contributed by atoms with Gasteiger partial charge in [-0.2, -0.15) is 0 Å². The molecular weight excluding hydrogens is 200 g/mol. The minimum Gasteiger partial charge on any atom is -0.396 e. The van der Waals surface area contributed by atoms with Crippen LogP contribution in [0, 0.1) is 16.7 Å². The molecule has 16 heavy (non-hydrogen) atoms. The van der Waals surface area contributed by atoms with Crippen LogP contribution in [0.25, 0.3) is 0 Å². The van der Waals surface area contributed by atoms with E-state index < -0.39 is 0 Å². The molecular formula is C14H22O2. The molecule has 0 aliphatic heterocycles. The van der Waals surface area contributed by atoms with E-state index in [0.717, 1.165) is 25.7 Å². The van der Waals surface area contributed by atoms with Crippen LogP contribution in [-0.4, -0.2) is 17.5 Å². The zero-order valence-electron chi connectivity index (χ0n) is 10.5. The maximum Gasteiger partial charge on any atom is 0.162 e. The minimum atomic E-state index is -0.189. The van der Waals surface area contributed by atoms with Crippen LogP contribution >= 0.6 is 0 Å². The van der Waals surface area contributed by atoms with Crippen LogP contribution in [0.1, 0.15) is 46.5 Å². The highest BCUT2D eigenvalue weighted by molar-refractivity contribution is 5.99. The summed E-state index contributed by atoms with van der Waals surface area (Å²) in [6.07, 6.45) is 5.76. The molecule has 0 amide bonds. The van der Waals surface area contributed by atoms with Crippen molar-refractivity contribution in [1.29, 1.82) is 0 Å². The molecule has 1 saturated carbocycles. The lowest BCUT2D eigenvalue weighted by Crippen LogP contribution is -2.40. The predicted molar refractivity (Wildman–Crippen MR) is 64.0 cm³/mol. The zero-order chi connectivity index (χ0) is 12.0. The fraction of sp³-hybridized carbons (Fsp3) is 0.786. The third-order valence-corrected chi connectivity index (χ3v) is 5.23. The van der Waals surface area contributed by atoms with Crippen molar-refractivity contribution in [3.63, 3.8) is 0 Å². The minimum absolute atomic E-state index is 0.0345. The van der Waals surface area contributed by atoms with Gasteiger partial charge in [-0.1, -0.05) is 19.4 Å². The van der Waals surface area contributed by atoms with Crippen molar-refractivity contribution in [2.45, 2.75) is 46.5 Å². The number of ketones is 1. The SMILES string of the molecule is CC1=CC(=O)[C@]2(C)CC[C@@H](C)[C@]12CCCO. The molecule has 0 saturated heterocycles. The van der Waals surface area contributed by atoms with Gasteiger partial charge in [0.25, 0.3) is 0 Å². The number of carbonyl (C=O) groups excluding carboxylic acids is 1. The van der Waals surface area contributed by atoms with Gasteiger partial charge in [0.05, 0.1) is 0 Å². The maximum atomic E-state index is 12.2. The fourth-order valence-corrected chi connectivity index (χ4v) is 4.25. The van der Waals surface area contributed by atoms with Gasteiger partial charge < -0.3 is 5.11 Å². The summed E-state index contributed by atoms with van der Waals surface area (Å²) < 4.78 is 0. The van der Waals surface area contributed by atoms with E-state index in [1.807, 2.05) is 6.08 Å². The highest BCUT2D eigenvalue weighted by Gasteiger charge is 2.62.